The van der Waals surface area contributed by atoms with Gasteiger partial charge in [-0.1, -0.05) is 18.2 Å². The highest BCUT2D eigenvalue weighted by Gasteiger charge is 2.05. The Balaban J connectivity index is 2.15. The molecule has 0 aromatic heterocycles. The topological polar surface area (TPSA) is 70.3 Å². The molecule has 4 nitrogen and oxygen atoms in total. The van der Waals surface area contributed by atoms with Gasteiger partial charge < -0.3 is 9.84 Å². The summed E-state index contributed by atoms with van der Waals surface area (Å²) < 4.78 is 5.66. The number of carboxylic acids is 1. The van der Waals surface area contributed by atoms with Crippen LogP contribution in [-0.4, -0.2) is 11.1 Å². The van der Waals surface area contributed by atoms with E-state index in [4.69, 9.17) is 15.1 Å². The van der Waals surface area contributed by atoms with Crippen molar-refractivity contribution in [2.45, 2.75) is 13.5 Å². The molecule has 100 valence electrons. The summed E-state index contributed by atoms with van der Waals surface area (Å²) in [6.45, 7) is 2.15. The van der Waals surface area contributed by atoms with E-state index in [0.717, 1.165) is 11.1 Å². The van der Waals surface area contributed by atoms with E-state index >= 15 is 0 Å². The number of ether oxygens (including phenoxy) is 1. The van der Waals surface area contributed by atoms with Crippen LogP contribution in [0.2, 0.25) is 0 Å². The maximum atomic E-state index is 10.9. The van der Waals surface area contributed by atoms with E-state index in [1.807, 2.05) is 13.0 Å². The SMILES string of the molecule is Cc1ccc(C#N)cc1OCc1cccc(C(=O)O)c1. The second-order valence-corrected chi connectivity index (χ2v) is 4.39. The van der Waals surface area contributed by atoms with E-state index in [2.05, 4.69) is 6.07 Å². The Morgan fingerprint density at radius 1 is 1.30 bits per heavy atom. The summed E-state index contributed by atoms with van der Waals surface area (Å²) in [6.07, 6.45) is 0. The van der Waals surface area contributed by atoms with Crippen molar-refractivity contribution in [3.8, 4) is 11.8 Å². The van der Waals surface area contributed by atoms with Gasteiger partial charge in [-0.3, -0.25) is 0 Å². The first kappa shape index (κ1) is 13.6. The zero-order valence-electron chi connectivity index (χ0n) is 11.0. The van der Waals surface area contributed by atoms with Crippen molar-refractivity contribution in [3.05, 3.63) is 64.7 Å². The van der Waals surface area contributed by atoms with Crippen LogP contribution in [0.4, 0.5) is 0 Å². The standard InChI is InChI=1S/C16H13NO3/c1-11-5-6-12(9-17)8-15(11)20-10-13-3-2-4-14(7-13)16(18)19/h2-8H,10H2,1H3,(H,18,19). The van der Waals surface area contributed by atoms with E-state index < -0.39 is 5.97 Å². The van der Waals surface area contributed by atoms with E-state index in [1.54, 1.807) is 30.3 Å². The number of aryl methyl sites for hydroxylation is 1. The summed E-state index contributed by atoms with van der Waals surface area (Å²) in [5, 5.41) is 17.8. The summed E-state index contributed by atoms with van der Waals surface area (Å²) in [5.74, 6) is -0.334. The van der Waals surface area contributed by atoms with Crippen LogP contribution >= 0.6 is 0 Å². The Labute approximate surface area is 116 Å². The highest BCUT2D eigenvalue weighted by molar-refractivity contribution is 5.87. The summed E-state index contributed by atoms with van der Waals surface area (Å²) in [6, 6.07) is 13.9. The molecule has 0 saturated heterocycles. The second kappa shape index (κ2) is 5.89. The monoisotopic (exact) mass is 267 g/mol. The molecule has 0 spiro atoms. The van der Waals surface area contributed by atoms with E-state index in [9.17, 15) is 4.79 Å². The van der Waals surface area contributed by atoms with Gasteiger partial charge in [-0.25, -0.2) is 4.79 Å². The number of nitrogens with zero attached hydrogens (tertiary/aromatic N) is 1. The van der Waals surface area contributed by atoms with Crippen LogP contribution in [0.5, 0.6) is 5.75 Å². The number of hydrogen-bond donors (Lipinski definition) is 1. The minimum atomic E-state index is -0.963. The quantitative estimate of drug-likeness (QED) is 0.923. The first-order valence-electron chi connectivity index (χ1n) is 6.06. The zero-order valence-corrected chi connectivity index (χ0v) is 11.0. The fraction of sp³-hybridized carbons (Fsp3) is 0.125. The van der Waals surface area contributed by atoms with E-state index in [1.165, 1.54) is 6.07 Å². The lowest BCUT2D eigenvalue weighted by molar-refractivity contribution is 0.0696. The molecule has 2 rings (SSSR count). The van der Waals surface area contributed by atoms with Crippen LogP contribution in [0, 0.1) is 18.3 Å². The van der Waals surface area contributed by atoms with Crippen LogP contribution in [-0.2, 0) is 6.61 Å². The van der Waals surface area contributed by atoms with Crippen molar-refractivity contribution < 1.29 is 14.6 Å². The number of carboxylic acid groups (broad SMARTS) is 1. The number of nitriles is 1. The molecule has 0 fully saturated rings. The highest BCUT2D eigenvalue weighted by Crippen LogP contribution is 2.20. The number of aromatic carboxylic acids is 1. The number of hydrogen-bond acceptors (Lipinski definition) is 3. The van der Waals surface area contributed by atoms with Gasteiger partial charge in [-0.2, -0.15) is 5.26 Å². The third kappa shape index (κ3) is 3.15. The lowest BCUT2D eigenvalue weighted by Crippen LogP contribution is -2.01. The van der Waals surface area contributed by atoms with Crippen molar-refractivity contribution in [1.82, 2.24) is 0 Å². The van der Waals surface area contributed by atoms with Crippen molar-refractivity contribution in [1.29, 1.82) is 5.26 Å². The molecule has 0 aliphatic heterocycles. The molecule has 0 bridgehead atoms. The number of benzene rings is 2. The average molecular weight is 267 g/mol. The minimum absolute atomic E-state index is 0.230. The molecular weight excluding hydrogens is 254 g/mol. The summed E-state index contributed by atoms with van der Waals surface area (Å²) >= 11 is 0. The maximum absolute atomic E-state index is 10.9. The minimum Gasteiger partial charge on any atom is -0.489 e. The number of carbonyl (C=O) groups is 1. The predicted octanol–water partition coefficient (Wildman–Crippen LogP) is 3.14. The lowest BCUT2D eigenvalue weighted by atomic mass is 10.1. The Morgan fingerprint density at radius 3 is 2.80 bits per heavy atom. The van der Waals surface area contributed by atoms with Gasteiger partial charge in [0.25, 0.3) is 0 Å². The maximum Gasteiger partial charge on any atom is 0.335 e. The van der Waals surface area contributed by atoms with Crippen LogP contribution < -0.4 is 4.74 Å². The lowest BCUT2D eigenvalue weighted by Gasteiger charge is -2.09. The first-order valence-corrected chi connectivity index (χ1v) is 6.06. The largest absolute Gasteiger partial charge is 0.489 e. The zero-order chi connectivity index (χ0) is 14.5. The predicted molar refractivity (Wildman–Crippen MR) is 73.6 cm³/mol. The Bertz CT molecular complexity index is 686. The van der Waals surface area contributed by atoms with Crippen LogP contribution in [0.1, 0.15) is 27.0 Å². The molecular formula is C16H13NO3. The summed E-state index contributed by atoms with van der Waals surface area (Å²) in [5.41, 5.74) is 2.46. The third-order valence-electron chi connectivity index (χ3n) is 2.89. The Hall–Kier alpha value is -2.80. The Morgan fingerprint density at radius 2 is 2.10 bits per heavy atom. The molecule has 20 heavy (non-hydrogen) atoms. The first-order chi connectivity index (χ1) is 9.60. The average Bonchev–Trinajstić information content (AvgIpc) is 2.46. The molecule has 0 atom stereocenters. The molecule has 2 aromatic carbocycles. The highest BCUT2D eigenvalue weighted by atomic mass is 16.5. The molecule has 0 unspecified atom stereocenters. The summed E-state index contributed by atoms with van der Waals surface area (Å²) in [7, 11) is 0. The summed E-state index contributed by atoms with van der Waals surface area (Å²) in [4.78, 5) is 10.9. The molecule has 0 saturated carbocycles. The van der Waals surface area contributed by atoms with Crippen LogP contribution in [0.25, 0.3) is 0 Å². The molecule has 2 aromatic rings. The van der Waals surface area contributed by atoms with Gasteiger partial charge in [-0.05, 0) is 42.3 Å². The molecule has 1 N–H and O–H groups in total. The van der Waals surface area contributed by atoms with E-state index in [-0.39, 0.29) is 12.2 Å². The van der Waals surface area contributed by atoms with Gasteiger partial charge in [0.05, 0.1) is 17.2 Å². The van der Waals surface area contributed by atoms with Gasteiger partial charge in [0.1, 0.15) is 12.4 Å². The van der Waals surface area contributed by atoms with E-state index in [0.29, 0.717) is 11.3 Å². The van der Waals surface area contributed by atoms with Crippen LogP contribution in [0.15, 0.2) is 42.5 Å². The molecule has 0 radical (unpaired) electrons. The molecule has 0 heterocycles. The van der Waals surface area contributed by atoms with Crippen molar-refractivity contribution in [2.24, 2.45) is 0 Å². The van der Waals surface area contributed by atoms with Crippen molar-refractivity contribution in [2.75, 3.05) is 0 Å². The fourth-order valence-corrected chi connectivity index (χ4v) is 1.78. The molecule has 4 heteroatoms. The molecule has 0 aliphatic rings. The number of rotatable bonds is 4. The normalized spacial score (nSPS) is 9.80. The second-order valence-electron chi connectivity index (χ2n) is 4.39. The van der Waals surface area contributed by atoms with Gasteiger partial charge in [-0.15, -0.1) is 0 Å². The Kier molecular flexibility index (Phi) is 4.02. The van der Waals surface area contributed by atoms with Gasteiger partial charge >= 0.3 is 5.97 Å². The van der Waals surface area contributed by atoms with Gasteiger partial charge in [0, 0.05) is 0 Å². The fourth-order valence-electron chi connectivity index (χ4n) is 1.78. The molecule has 0 aliphatic carbocycles. The van der Waals surface area contributed by atoms with Crippen molar-refractivity contribution in [3.63, 3.8) is 0 Å². The van der Waals surface area contributed by atoms with Gasteiger partial charge in [0.2, 0.25) is 0 Å². The van der Waals surface area contributed by atoms with Gasteiger partial charge in [0.15, 0.2) is 0 Å². The molecule has 0 amide bonds. The third-order valence-corrected chi connectivity index (χ3v) is 2.89. The smallest absolute Gasteiger partial charge is 0.335 e. The van der Waals surface area contributed by atoms with Crippen LogP contribution in [0.3, 0.4) is 0 Å². The van der Waals surface area contributed by atoms with Crippen molar-refractivity contribution >= 4 is 5.97 Å².